The zero-order valence-electron chi connectivity index (χ0n) is 20.7. The summed E-state index contributed by atoms with van der Waals surface area (Å²) in [5, 5.41) is 10.4. The summed E-state index contributed by atoms with van der Waals surface area (Å²) in [5.41, 5.74) is 3.42. The van der Waals surface area contributed by atoms with Crippen molar-refractivity contribution in [1.82, 2.24) is 25.4 Å². The molecule has 4 saturated carbocycles. The van der Waals surface area contributed by atoms with E-state index in [0.717, 1.165) is 53.8 Å². The number of rotatable bonds is 7. The van der Waals surface area contributed by atoms with E-state index < -0.39 is 0 Å². The predicted octanol–water partition coefficient (Wildman–Crippen LogP) is 4.59. The van der Waals surface area contributed by atoms with Gasteiger partial charge < -0.3 is 10.6 Å². The zero-order valence-corrected chi connectivity index (χ0v) is 20.7. The fraction of sp³-hybridized carbons (Fsp3) is 0.448. The first-order valence-corrected chi connectivity index (χ1v) is 13.1. The van der Waals surface area contributed by atoms with Crippen LogP contribution in [0.3, 0.4) is 0 Å². The van der Waals surface area contributed by atoms with Crippen molar-refractivity contribution in [3.63, 3.8) is 0 Å². The van der Waals surface area contributed by atoms with Crippen molar-refractivity contribution in [3.05, 3.63) is 77.9 Å². The maximum Gasteiger partial charge on any atom is 0.251 e. The number of hydrogen-bond acceptors (Lipinski definition) is 4. The van der Waals surface area contributed by atoms with Crippen LogP contribution in [0.25, 0.3) is 5.69 Å². The first-order valence-electron chi connectivity index (χ1n) is 13.1. The molecule has 36 heavy (non-hydrogen) atoms. The van der Waals surface area contributed by atoms with Gasteiger partial charge in [-0.15, -0.1) is 0 Å². The normalized spacial score (nSPS) is 27.0. The number of amides is 2. The minimum Gasteiger partial charge on any atom is -0.352 e. The fourth-order valence-corrected chi connectivity index (χ4v) is 7.15. The number of carbonyl (C=O) groups excluding carboxylic acids is 2. The molecule has 7 heteroatoms. The molecule has 2 aromatic carbocycles. The van der Waals surface area contributed by atoms with Crippen LogP contribution in [0.15, 0.2) is 61.2 Å². The van der Waals surface area contributed by atoms with E-state index in [1.807, 2.05) is 55.5 Å². The van der Waals surface area contributed by atoms with Crippen LogP contribution in [0.2, 0.25) is 0 Å². The summed E-state index contributed by atoms with van der Waals surface area (Å²) >= 11 is 0. The topological polar surface area (TPSA) is 88.9 Å². The molecule has 1 unspecified atom stereocenters. The predicted molar refractivity (Wildman–Crippen MR) is 136 cm³/mol. The van der Waals surface area contributed by atoms with E-state index in [1.165, 1.54) is 25.6 Å². The number of aromatic nitrogens is 3. The molecule has 2 amide bonds. The van der Waals surface area contributed by atoms with Gasteiger partial charge in [-0.1, -0.05) is 24.3 Å². The highest BCUT2D eigenvalue weighted by Gasteiger charge is 2.54. The Labute approximate surface area is 211 Å². The molecule has 0 radical (unpaired) electrons. The van der Waals surface area contributed by atoms with Gasteiger partial charge in [-0.25, -0.2) is 9.67 Å². The van der Waals surface area contributed by atoms with Gasteiger partial charge in [0.15, 0.2) is 0 Å². The Balaban J connectivity index is 1.03. The maximum absolute atomic E-state index is 13.2. The van der Waals surface area contributed by atoms with Crippen molar-refractivity contribution in [2.75, 3.05) is 0 Å². The van der Waals surface area contributed by atoms with Crippen molar-refractivity contribution in [2.45, 2.75) is 58.0 Å². The zero-order chi connectivity index (χ0) is 24.7. The third kappa shape index (κ3) is 4.43. The lowest BCUT2D eigenvalue weighted by Crippen LogP contribution is -2.53. The van der Waals surface area contributed by atoms with E-state index in [2.05, 4.69) is 20.7 Å². The van der Waals surface area contributed by atoms with Gasteiger partial charge >= 0.3 is 0 Å². The summed E-state index contributed by atoms with van der Waals surface area (Å²) in [5.74, 6) is 2.40. The second-order valence-corrected chi connectivity index (χ2v) is 11.2. The standard InChI is InChI=1S/C29H33N5O2/c1-19(24-6-8-26(9-7-24)34-18-30-17-32-34)33-27(35)25-4-2-20(3-5-25)16-31-28(36)29-13-21-10-22(14-29)12-23(11-21)15-29/h2-9,17-19,21-23H,10-16H2,1H3,(H,31,36)(H,33,35). The molecule has 4 aliphatic rings. The molecule has 1 atom stereocenters. The van der Waals surface area contributed by atoms with Crippen molar-refractivity contribution < 1.29 is 9.59 Å². The third-order valence-electron chi connectivity index (χ3n) is 8.61. The highest BCUT2D eigenvalue weighted by Crippen LogP contribution is 2.60. The van der Waals surface area contributed by atoms with Crippen LogP contribution >= 0.6 is 0 Å². The summed E-state index contributed by atoms with van der Waals surface area (Å²) < 4.78 is 1.69. The molecular weight excluding hydrogens is 450 g/mol. The molecule has 1 heterocycles. The summed E-state index contributed by atoms with van der Waals surface area (Å²) in [6.45, 7) is 2.48. The summed E-state index contributed by atoms with van der Waals surface area (Å²) in [4.78, 5) is 30.0. The third-order valence-corrected chi connectivity index (χ3v) is 8.61. The Bertz CT molecular complexity index is 1200. The molecule has 186 valence electrons. The molecule has 4 bridgehead atoms. The SMILES string of the molecule is CC(NC(=O)c1ccc(CNC(=O)C23CC4CC(CC(C4)C2)C3)cc1)c1ccc(-n2cncn2)cc1. The van der Waals surface area contributed by atoms with Crippen molar-refractivity contribution in [2.24, 2.45) is 23.2 Å². The molecule has 4 aliphatic carbocycles. The molecule has 3 aromatic rings. The van der Waals surface area contributed by atoms with Gasteiger partial charge in [0.05, 0.1) is 11.7 Å². The van der Waals surface area contributed by atoms with Crippen molar-refractivity contribution >= 4 is 11.8 Å². The first kappa shape index (κ1) is 23.0. The summed E-state index contributed by atoms with van der Waals surface area (Å²) in [6, 6.07) is 15.3. The van der Waals surface area contributed by atoms with Gasteiger partial charge in [0.2, 0.25) is 5.91 Å². The smallest absolute Gasteiger partial charge is 0.251 e. The lowest BCUT2D eigenvalue weighted by atomic mass is 9.49. The first-order chi connectivity index (χ1) is 17.5. The lowest BCUT2D eigenvalue weighted by molar-refractivity contribution is -0.146. The number of benzene rings is 2. The van der Waals surface area contributed by atoms with Gasteiger partial charge in [-0.2, -0.15) is 5.10 Å². The Morgan fingerprint density at radius 3 is 2.19 bits per heavy atom. The Morgan fingerprint density at radius 2 is 1.61 bits per heavy atom. The average molecular weight is 484 g/mol. The van der Waals surface area contributed by atoms with E-state index in [9.17, 15) is 9.59 Å². The van der Waals surface area contributed by atoms with Crippen LogP contribution in [0.4, 0.5) is 0 Å². The van der Waals surface area contributed by atoms with Crippen LogP contribution in [-0.2, 0) is 11.3 Å². The monoisotopic (exact) mass is 483 g/mol. The molecule has 0 saturated heterocycles. The molecule has 1 aromatic heterocycles. The Hall–Kier alpha value is -3.48. The van der Waals surface area contributed by atoms with Crippen LogP contribution in [0, 0.1) is 23.2 Å². The highest BCUT2D eigenvalue weighted by molar-refractivity contribution is 5.94. The van der Waals surface area contributed by atoms with Crippen LogP contribution in [0.1, 0.15) is 73.0 Å². The lowest BCUT2D eigenvalue weighted by Gasteiger charge is -2.55. The molecular formula is C29H33N5O2. The quantitative estimate of drug-likeness (QED) is 0.514. The number of nitrogens with one attached hydrogen (secondary N) is 2. The molecule has 0 aliphatic heterocycles. The van der Waals surface area contributed by atoms with Gasteiger partial charge in [-0.3, -0.25) is 9.59 Å². The minimum absolute atomic E-state index is 0.119. The van der Waals surface area contributed by atoms with Crippen LogP contribution in [0.5, 0.6) is 0 Å². The Kier molecular flexibility index (Phi) is 5.86. The van der Waals surface area contributed by atoms with E-state index >= 15 is 0 Å². The molecule has 4 fully saturated rings. The molecule has 7 rings (SSSR count). The summed E-state index contributed by atoms with van der Waals surface area (Å²) in [7, 11) is 0. The molecule has 2 N–H and O–H groups in total. The van der Waals surface area contributed by atoms with Crippen molar-refractivity contribution in [3.8, 4) is 5.69 Å². The number of hydrogen-bond donors (Lipinski definition) is 2. The van der Waals surface area contributed by atoms with E-state index in [4.69, 9.17) is 0 Å². The minimum atomic E-state index is -0.137. The van der Waals surface area contributed by atoms with Gasteiger partial charge in [0.1, 0.15) is 12.7 Å². The van der Waals surface area contributed by atoms with Gasteiger partial charge in [-0.05, 0) is 98.6 Å². The Morgan fingerprint density at radius 1 is 0.972 bits per heavy atom. The molecule has 0 spiro atoms. The second kappa shape index (κ2) is 9.19. The largest absolute Gasteiger partial charge is 0.352 e. The molecule has 7 nitrogen and oxygen atoms in total. The van der Waals surface area contributed by atoms with Crippen molar-refractivity contribution in [1.29, 1.82) is 0 Å². The maximum atomic E-state index is 13.2. The van der Waals surface area contributed by atoms with Crippen LogP contribution < -0.4 is 10.6 Å². The van der Waals surface area contributed by atoms with E-state index in [0.29, 0.717) is 12.1 Å². The van der Waals surface area contributed by atoms with Gasteiger partial charge in [0.25, 0.3) is 5.91 Å². The van der Waals surface area contributed by atoms with E-state index in [1.54, 1.807) is 11.0 Å². The average Bonchev–Trinajstić information content (AvgIpc) is 3.42. The fourth-order valence-electron chi connectivity index (χ4n) is 7.15. The van der Waals surface area contributed by atoms with Crippen LogP contribution in [-0.4, -0.2) is 26.6 Å². The van der Waals surface area contributed by atoms with Gasteiger partial charge in [0, 0.05) is 17.5 Å². The summed E-state index contributed by atoms with van der Waals surface area (Å²) in [6.07, 6.45) is 10.4. The number of nitrogens with zero attached hydrogens (tertiary/aromatic N) is 3. The number of carbonyl (C=O) groups is 2. The van der Waals surface area contributed by atoms with E-state index in [-0.39, 0.29) is 23.3 Å². The second-order valence-electron chi connectivity index (χ2n) is 11.2. The highest BCUT2D eigenvalue weighted by atomic mass is 16.2.